The largest absolute Gasteiger partial charge is 0.482 e. The number of allylic oxidation sites excluding steroid dienone is 1. The highest BCUT2D eigenvalue weighted by molar-refractivity contribution is 6.32. The van der Waals surface area contributed by atoms with Gasteiger partial charge in [0.05, 0.1) is 5.92 Å². The highest BCUT2D eigenvalue weighted by Crippen LogP contribution is 2.43. The van der Waals surface area contributed by atoms with E-state index in [1.165, 1.54) is 0 Å². The van der Waals surface area contributed by atoms with E-state index in [1.807, 2.05) is 45.0 Å². The number of carbonyl (C=O) groups excluding carboxylic acids is 1. The Morgan fingerprint density at radius 3 is 2.38 bits per heavy atom. The molecule has 4 rings (SSSR count). The summed E-state index contributed by atoms with van der Waals surface area (Å²) in [5, 5.41) is 10.4. The van der Waals surface area contributed by atoms with Gasteiger partial charge in [0.1, 0.15) is 28.9 Å². The van der Waals surface area contributed by atoms with Gasteiger partial charge < -0.3 is 19.9 Å². The molecule has 6 nitrogen and oxygen atoms in total. The van der Waals surface area contributed by atoms with E-state index in [0.29, 0.717) is 22.1 Å². The number of hydrogen-bond donors (Lipinski definition) is 1. The lowest BCUT2D eigenvalue weighted by molar-refractivity contribution is -0.136. The summed E-state index contributed by atoms with van der Waals surface area (Å²) in [7, 11) is 0. The molecule has 0 amide bonds. The van der Waals surface area contributed by atoms with E-state index in [4.69, 9.17) is 31.5 Å². The molecule has 2 N–H and O–H groups in total. The van der Waals surface area contributed by atoms with Crippen molar-refractivity contribution in [3.63, 3.8) is 0 Å². The molecule has 0 saturated carbocycles. The zero-order valence-corrected chi connectivity index (χ0v) is 19.8. The van der Waals surface area contributed by atoms with Crippen LogP contribution in [0.5, 0.6) is 17.2 Å². The van der Waals surface area contributed by atoms with Crippen LogP contribution in [-0.4, -0.2) is 12.6 Å². The quantitative estimate of drug-likeness (QED) is 0.389. The van der Waals surface area contributed by atoms with Crippen molar-refractivity contribution in [2.75, 3.05) is 6.61 Å². The zero-order chi connectivity index (χ0) is 24.4. The standard InChI is InChI=1S/C27H23ClN2O4/c1-15-4-6-18(7-5-15)25-21-9-8-19(12-23(21)34-27(30)22(25)13-29)33-24(31)14-32-20-10-16(2)26(28)17(3)11-20/h4-12,25H,14,30H2,1-3H3. The molecule has 0 saturated heterocycles. The van der Waals surface area contributed by atoms with Gasteiger partial charge in [-0.25, -0.2) is 4.79 Å². The van der Waals surface area contributed by atoms with Crippen molar-refractivity contribution in [1.82, 2.24) is 0 Å². The monoisotopic (exact) mass is 474 g/mol. The summed E-state index contributed by atoms with van der Waals surface area (Å²) >= 11 is 6.17. The molecule has 34 heavy (non-hydrogen) atoms. The number of nitrogens with two attached hydrogens (primary N) is 1. The van der Waals surface area contributed by atoms with Crippen LogP contribution >= 0.6 is 11.6 Å². The first-order chi connectivity index (χ1) is 16.3. The number of halogens is 1. The molecule has 1 aliphatic heterocycles. The van der Waals surface area contributed by atoms with E-state index in [1.54, 1.807) is 30.3 Å². The van der Waals surface area contributed by atoms with Gasteiger partial charge in [0.2, 0.25) is 5.88 Å². The van der Waals surface area contributed by atoms with Crippen LogP contribution in [0.15, 0.2) is 66.1 Å². The van der Waals surface area contributed by atoms with Crippen LogP contribution in [0, 0.1) is 32.1 Å². The molecule has 0 aromatic heterocycles. The molecule has 0 fully saturated rings. The van der Waals surface area contributed by atoms with Gasteiger partial charge in [0, 0.05) is 16.7 Å². The molecule has 1 unspecified atom stereocenters. The van der Waals surface area contributed by atoms with Gasteiger partial charge in [-0.15, -0.1) is 0 Å². The molecule has 0 aliphatic carbocycles. The van der Waals surface area contributed by atoms with E-state index in [9.17, 15) is 10.1 Å². The first-order valence-corrected chi connectivity index (χ1v) is 11.0. The van der Waals surface area contributed by atoms with Gasteiger partial charge in [-0.1, -0.05) is 47.5 Å². The van der Waals surface area contributed by atoms with Crippen molar-refractivity contribution >= 4 is 17.6 Å². The Morgan fingerprint density at radius 1 is 1.06 bits per heavy atom. The minimum absolute atomic E-state index is 0.0286. The third kappa shape index (κ3) is 4.70. The van der Waals surface area contributed by atoms with Crippen LogP contribution in [0.25, 0.3) is 0 Å². The summed E-state index contributed by atoms with van der Waals surface area (Å²) in [6.07, 6.45) is 0. The Labute approximate surface area is 203 Å². The predicted octanol–water partition coefficient (Wildman–Crippen LogP) is 5.47. The molecule has 1 heterocycles. The summed E-state index contributed by atoms with van der Waals surface area (Å²) in [6.45, 7) is 5.46. The fraction of sp³-hybridized carbons (Fsp3) is 0.185. The Kier molecular flexibility index (Phi) is 6.49. The summed E-state index contributed by atoms with van der Waals surface area (Å²) in [5.74, 6) is 0.328. The Bertz CT molecular complexity index is 1320. The number of aryl methyl sites for hydroxylation is 3. The Morgan fingerprint density at radius 2 is 1.74 bits per heavy atom. The van der Waals surface area contributed by atoms with Crippen molar-refractivity contribution < 1.29 is 19.0 Å². The lowest BCUT2D eigenvalue weighted by Crippen LogP contribution is -2.21. The molecule has 0 radical (unpaired) electrons. The molecular formula is C27H23ClN2O4. The van der Waals surface area contributed by atoms with E-state index in [-0.39, 0.29) is 24.2 Å². The molecular weight excluding hydrogens is 452 g/mol. The van der Waals surface area contributed by atoms with E-state index in [0.717, 1.165) is 27.8 Å². The minimum atomic E-state index is -0.572. The Hall–Kier alpha value is -3.95. The maximum atomic E-state index is 12.4. The highest BCUT2D eigenvalue weighted by atomic mass is 35.5. The van der Waals surface area contributed by atoms with Gasteiger partial charge in [0.25, 0.3) is 0 Å². The number of esters is 1. The lowest BCUT2D eigenvalue weighted by Gasteiger charge is -2.26. The van der Waals surface area contributed by atoms with Crippen LogP contribution in [-0.2, 0) is 4.79 Å². The highest BCUT2D eigenvalue weighted by Gasteiger charge is 2.31. The summed E-state index contributed by atoms with van der Waals surface area (Å²) < 4.78 is 16.7. The molecule has 3 aromatic rings. The molecule has 1 atom stereocenters. The average molecular weight is 475 g/mol. The summed E-state index contributed by atoms with van der Waals surface area (Å²) in [5.41, 5.74) is 10.9. The van der Waals surface area contributed by atoms with Gasteiger partial charge in [0.15, 0.2) is 6.61 Å². The van der Waals surface area contributed by atoms with Crippen molar-refractivity contribution in [2.45, 2.75) is 26.7 Å². The second kappa shape index (κ2) is 9.50. The second-order valence-electron chi connectivity index (χ2n) is 8.17. The van der Waals surface area contributed by atoms with Crippen LogP contribution in [0.3, 0.4) is 0 Å². The average Bonchev–Trinajstić information content (AvgIpc) is 2.80. The van der Waals surface area contributed by atoms with Crippen molar-refractivity contribution in [3.05, 3.63) is 98.9 Å². The molecule has 172 valence electrons. The topological polar surface area (TPSA) is 94.6 Å². The number of nitriles is 1. The molecule has 0 bridgehead atoms. The summed E-state index contributed by atoms with van der Waals surface area (Å²) in [4.78, 5) is 12.4. The van der Waals surface area contributed by atoms with Gasteiger partial charge >= 0.3 is 5.97 Å². The third-order valence-electron chi connectivity index (χ3n) is 5.60. The number of benzene rings is 3. The number of hydrogen-bond acceptors (Lipinski definition) is 6. The summed E-state index contributed by atoms with van der Waals surface area (Å²) in [6, 6.07) is 18.6. The van der Waals surface area contributed by atoms with Crippen molar-refractivity contribution in [3.8, 4) is 23.3 Å². The fourth-order valence-electron chi connectivity index (χ4n) is 3.89. The van der Waals surface area contributed by atoms with Crippen LogP contribution < -0.4 is 19.9 Å². The second-order valence-corrected chi connectivity index (χ2v) is 8.55. The fourth-order valence-corrected chi connectivity index (χ4v) is 4.00. The van der Waals surface area contributed by atoms with Gasteiger partial charge in [-0.3, -0.25) is 0 Å². The van der Waals surface area contributed by atoms with Gasteiger partial charge in [-0.05, 0) is 55.7 Å². The number of rotatable bonds is 5. The number of nitrogens with zero attached hydrogens (tertiary/aromatic N) is 1. The van der Waals surface area contributed by atoms with Crippen LogP contribution in [0.1, 0.15) is 33.7 Å². The first kappa shape index (κ1) is 23.2. The van der Waals surface area contributed by atoms with Gasteiger partial charge in [-0.2, -0.15) is 5.26 Å². The first-order valence-electron chi connectivity index (χ1n) is 10.6. The maximum Gasteiger partial charge on any atom is 0.349 e. The predicted molar refractivity (Wildman–Crippen MR) is 129 cm³/mol. The zero-order valence-electron chi connectivity index (χ0n) is 19.0. The molecule has 3 aromatic carbocycles. The maximum absolute atomic E-state index is 12.4. The SMILES string of the molecule is Cc1ccc(C2C(C#N)=C(N)Oc3cc(OC(=O)COc4cc(C)c(Cl)c(C)c4)ccc32)cc1. The smallest absolute Gasteiger partial charge is 0.349 e. The van der Waals surface area contributed by atoms with E-state index < -0.39 is 5.97 Å². The number of ether oxygens (including phenoxy) is 3. The third-order valence-corrected chi connectivity index (χ3v) is 6.20. The molecule has 0 spiro atoms. The molecule has 1 aliphatic rings. The lowest BCUT2D eigenvalue weighted by atomic mass is 9.83. The van der Waals surface area contributed by atoms with Crippen molar-refractivity contribution in [2.24, 2.45) is 5.73 Å². The Balaban J connectivity index is 1.52. The number of fused-ring (bicyclic) bond motifs is 1. The van der Waals surface area contributed by atoms with Crippen molar-refractivity contribution in [1.29, 1.82) is 5.26 Å². The minimum Gasteiger partial charge on any atom is -0.482 e. The molecule has 7 heteroatoms. The number of carbonyl (C=O) groups is 1. The normalized spacial score (nSPS) is 14.6. The van der Waals surface area contributed by atoms with Crippen LogP contribution in [0.4, 0.5) is 0 Å². The van der Waals surface area contributed by atoms with E-state index >= 15 is 0 Å². The van der Waals surface area contributed by atoms with Crippen LogP contribution in [0.2, 0.25) is 5.02 Å². The van der Waals surface area contributed by atoms with E-state index in [2.05, 4.69) is 6.07 Å².